The molecule has 1 rings (SSSR count). The molecule has 0 heterocycles. The third kappa shape index (κ3) is 4.23. The summed E-state index contributed by atoms with van der Waals surface area (Å²) in [5, 5.41) is 0. The zero-order chi connectivity index (χ0) is 13.4. The first-order chi connectivity index (χ1) is 8.76. The average Bonchev–Trinajstić information content (AvgIpc) is 2.42. The van der Waals surface area contributed by atoms with Crippen molar-refractivity contribution in [2.24, 2.45) is 0 Å². The predicted molar refractivity (Wildman–Crippen MR) is 83.1 cm³/mol. The van der Waals surface area contributed by atoms with Gasteiger partial charge in [0.15, 0.2) is 9.12 Å². The van der Waals surface area contributed by atoms with Crippen molar-refractivity contribution in [2.75, 3.05) is 26.2 Å². The fourth-order valence-corrected chi connectivity index (χ4v) is 5.96. The van der Waals surface area contributed by atoms with Crippen LogP contribution < -0.4 is 0 Å². The molecule has 0 saturated heterocycles. The van der Waals surface area contributed by atoms with Crippen molar-refractivity contribution in [2.45, 2.75) is 33.7 Å². The molecule has 0 amide bonds. The summed E-state index contributed by atoms with van der Waals surface area (Å²) in [6.45, 7) is 13.9. The Labute approximate surface area is 114 Å². The minimum absolute atomic E-state index is 1.02. The monoisotopic (exact) mass is 264 g/mol. The zero-order valence-corrected chi connectivity index (χ0v) is 13.5. The lowest BCUT2D eigenvalue weighted by atomic mass is 10.2. The highest BCUT2D eigenvalue weighted by molar-refractivity contribution is 6.52. The summed E-state index contributed by atoms with van der Waals surface area (Å²) >= 11 is 0. The lowest BCUT2D eigenvalue weighted by Crippen LogP contribution is -2.54. The van der Waals surface area contributed by atoms with Crippen LogP contribution >= 0.6 is 0 Å². The number of hydrogen-bond acceptors (Lipinski definition) is 2. The molecule has 0 aliphatic rings. The topological polar surface area (TPSA) is 6.48 Å². The molecule has 1 aromatic rings. The highest BCUT2D eigenvalue weighted by Crippen LogP contribution is 2.09. The summed E-state index contributed by atoms with van der Waals surface area (Å²) in [7, 11) is -1.02. The van der Waals surface area contributed by atoms with Gasteiger partial charge in [-0.1, -0.05) is 58.0 Å². The van der Waals surface area contributed by atoms with Crippen LogP contribution in [0.5, 0.6) is 0 Å². The first-order valence-corrected chi connectivity index (χ1v) is 9.13. The molecule has 0 atom stereocenters. The molecule has 18 heavy (non-hydrogen) atoms. The van der Waals surface area contributed by atoms with E-state index in [1.807, 2.05) is 0 Å². The van der Waals surface area contributed by atoms with E-state index >= 15 is 0 Å². The summed E-state index contributed by atoms with van der Waals surface area (Å²) in [5.74, 6) is 0. The van der Waals surface area contributed by atoms with Crippen molar-refractivity contribution in [1.82, 2.24) is 9.13 Å². The van der Waals surface area contributed by atoms with E-state index in [4.69, 9.17) is 0 Å². The van der Waals surface area contributed by atoms with Gasteiger partial charge in [-0.3, -0.25) is 0 Å². The van der Waals surface area contributed by atoms with Crippen LogP contribution in [-0.4, -0.2) is 44.4 Å². The second kappa shape index (κ2) is 8.46. The highest BCUT2D eigenvalue weighted by atomic mass is 28.3. The molecule has 0 saturated carbocycles. The van der Waals surface area contributed by atoms with E-state index in [1.165, 1.54) is 37.8 Å². The zero-order valence-electron chi connectivity index (χ0n) is 12.4. The van der Waals surface area contributed by atoms with Crippen molar-refractivity contribution in [3.05, 3.63) is 35.9 Å². The molecule has 0 aromatic heterocycles. The van der Waals surface area contributed by atoms with E-state index in [9.17, 15) is 0 Å². The lowest BCUT2D eigenvalue weighted by Gasteiger charge is -2.36. The molecule has 1 aromatic carbocycles. The van der Waals surface area contributed by atoms with Crippen LogP contribution in [0.15, 0.2) is 30.3 Å². The van der Waals surface area contributed by atoms with Gasteiger partial charge in [0.1, 0.15) is 0 Å². The largest absolute Gasteiger partial charge is 0.314 e. The Bertz CT molecular complexity index is 296. The molecule has 0 aliphatic heterocycles. The van der Waals surface area contributed by atoms with E-state index in [2.05, 4.69) is 67.2 Å². The Kier molecular flexibility index (Phi) is 7.24. The fourth-order valence-electron chi connectivity index (χ4n) is 2.60. The SMILES string of the molecule is CCN(CC)[SiH](Cc1ccccc1)N(CC)CC. The van der Waals surface area contributed by atoms with Crippen LogP contribution in [0.1, 0.15) is 33.3 Å². The second-order valence-corrected chi connectivity index (χ2v) is 7.44. The first-order valence-electron chi connectivity index (χ1n) is 7.28. The molecular formula is C15H28N2Si. The molecule has 0 bridgehead atoms. The van der Waals surface area contributed by atoms with Gasteiger partial charge in [-0.05, 0) is 37.8 Å². The van der Waals surface area contributed by atoms with Crippen molar-refractivity contribution < 1.29 is 0 Å². The highest BCUT2D eigenvalue weighted by Gasteiger charge is 2.23. The molecule has 102 valence electrons. The van der Waals surface area contributed by atoms with Gasteiger partial charge in [-0.2, -0.15) is 0 Å². The van der Waals surface area contributed by atoms with Crippen LogP contribution in [0, 0.1) is 0 Å². The van der Waals surface area contributed by atoms with Gasteiger partial charge in [-0.25, -0.2) is 0 Å². The number of hydrogen-bond donors (Lipinski definition) is 0. The second-order valence-electron chi connectivity index (χ2n) is 4.61. The van der Waals surface area contributed by atoms with Gasteiger partial charge >= 0.3 is 0 Å². The molecule has 0 spiro atoms. The average molecular weight is 264 g/mol. The van der Waals surface area contributed by atoms with Crippen LogP contribution in [0.3, 0.4) is 0 Å². The molecule has 0 radical (unpaired) electrons. The van der Waals surface area contributed by atoms with Gasteiger partial charge in [0.25, 0.3) is 0 Å². The fraction of sp³-hybridized carbons (Fsp3) is 0.600. The third-order valence-corrected chi connectivity index (χ3v) is 7.71. The minimum Gasteiger partial charge on any atom is -0.314 e. The van der Waals surface area contributed by atoms with E-state index < -0.39 is 9.12 Å². The summed E-state index contributed by atoms with van der Waals surface area (Å²) in [5.41, 5.74) is 1.49. The molecule has 3 heteroatoms. The van der Waals surface area contributed by atoms with Gasteiger partial charge in [0.2, 0.25) is 0 Å². The maximum atomic E-state index is 2.69. The summed E-state index contributed by atoms with van der Waals surface area (Å²) in [6.07, 6.45) is 0. The maximum absolute atomic E-state index is 2.69. The Balaban J connectivity index is 2.83. The number of benzene rings is 1. The molecule has 0 aliphatic carbocycles. The van der Waals surface area contributed by atoms with Gasteiger partial charge in [-0.15, -0.1) is 0 Å². The Morgan fingerprint density at radius 1 is 0.778 bits per heavy atom. The molecule has 0 N–H and O–H groups in total. The maximum Gasteiger partial charge on any atom is 0.194 e. The van der Waals surface area contributed by atoms with Crippen LogP contribution in [0.25, 0.3) is 0 Å². The van der Waals surface area contributed by atoms with Crippen molar-refractivity contribution >= 4 is 9.12 Å². The predicted octanol–water partition coefficient (Wildman–Crippen LogP) is 2.67. The van der Waals surface area contributed by atoms with Gasteiger partial charge in [0.05, 0.1) is 0 Å². The van der Waals surface area contributed by atoms with E-state index in [-0.39, 0.29) is 0 Å². The van der Waals surface area contributed by atoms with E-state index in [0.717, 1.165) is 0 Å². The number of nitrogens with zero attached hydrogens (tertiary/aromatic N) is 2. The third-order valence-electron chi connectivity index (χ3n) is 3.73. The normalized spacial score (nSPS) is 11.7. The van der Waals surface area contributed by atoms with Gasteiger partial charge in [0, 0.05) is 0 Å². The van der Waals surface area contributed by atoms with Crippen LogP contribution in [0.2, 0.25) is 0 Å². The van der Waals surface area contributed by atoms with Gasteiger partial charge < -0.3 is 9.13 Å². The molecule has 0 fully saturated rings. The number of rotatable bonds is 8. The summed E-state index contributed by atoms with van der Waals surface area (Å²) < 4.78 is 5.39. The van der Waals surface area contributed by atoms with Crippen molar-refractivity contribution in [3.8, 4) is 0 Å². The standard InChI is InChI=1S/C15H28N2Si/c1-5-16(6-2)18(17(7-3)8-4)14-15-12-10-9-11-13-15/h9-13,18H,5-8,14H2,1-4H3. The van der Waals surface area contributed by atoms with Crippen molar-refractivity contribution in [1.29, 1.82) is 0 Å². The van der Waals surface area contributed by atoms with E-state index in [0.29, 0.717) is 0 Å². The Hall–Kier alpha value is -0.643. The summed E-state index contributed by atoms with van der Waals surface area (Å²) in [6, 6.07) is 12.2. The van der Waals surface area contributed by atoms with Crippen LogP contribution in [0.4, 0.5) is 0 Å². The van der Waals surface area contributed by atoms with Crippen molar-refractivity contribution in [3.63, 3.8) is 0 Å². The lowest BCUT2D eigenvalue weighted by molar-refractivity contribution is 0.376. The minimum atomic E-state index is -1.02. The quantitative estimate of drug-likeness (QED) is 0.666. The van der Waals surface area contributed by atoms with E-state index in [1.54, 1.807) is 0 Å². The van der Waals surface area contributed by atoms with Crippen LogP contribution in [-0.2, 0) is 6.04 Å². The molecule has 0 unspecified atom stereocenters. The summed E-state index contributed by atoms with van der Waals surface area (Å²) in [4.78, 5) is 0. The molecule has 2 nitrogen and oxygen atoms in total. The Morgan fingerprint density at radius 2 is 1.22 bits per heavy atom. The first kappa shape index (κ1) is 15.4. The Morgan fingerprint density at radius 3 is 1.61 bits per heavy atom. The smallest absolute Gasteiger partial charge is 0.194 e. The molecular weight excluding hydrogens is 236 g/mol.